The molecule has 0 aliphatic rings. The van der Waals surface area contributed by atoms with Gasteiger partial charge in [-0.2, -0.15) is 0 Å². The Morgan fingerprint density at radius 2 is 1.90 bits per heavy atom. The number of nitrogens with one attached hydrogen (secondary N) is 1. The van der Waals surface area contributed by atoms with Crippen LogP contribution in [0.2, 0.25) is 0 Å². The van der Waals surface area contributed by atoms with E-state index < -0.39 is 31.3 Å². The second-order valence-electron chi connectivity index (χ2n) is 4.02. The van der Waals surface area contributed by atoms with Gasteiger partial charge in [0.25, 0.3) is 15.7 Å². The predicted molar refractivity (Wildman–Crippen MR) is 72.0 cm³/mol. The maximum Gasteiger partial charge on any atom is 0.292 e. The van der Waals surface area contributed by atoms with Gasteiger partial charge in [-0.25, -0.2) is 12.8 Å². The molecule has 0 bridgehead atoms. The third-order valence-corrected chi connectivity index (χ3v) is 3.93. The molecule has 9 heteroatoms. The number of hydrogen-bond donors (Lipinski definition) is 2. The minimum absolute atomic E-state index is 0.0219. The highest BCUT2D eigenvalue weighted by molar-refractivity contribution is 7.92. The highest BCUT2D eigenvalue weighted by Crippen LogP contribution is 2.27. The molecule has 0 saturated carbocycles. The number of halogens is 1. The van der Waals surface area contributed by atoms with Crippen LogP contribution in [-0.4, -0.2) is 18.4 Å². The first-order chi connectivity index (χ1) is 9.79. The molecule has 0 heterocycles. The van der Waals surface area contributed by atoms with Gasteiger partial charge in [0.1, 0.15) is 11.6 Å². The van der Waals surface area contributed by atoms with Crippen LogP contribution in [0.1, 0.15) is 0 Å². The van der Waals surface area contributed by atoms with Crippen LogP contribution in [0.4, 0.5) is 15.8 Å². The van der Waals surface area contributed by atoms with Crippen LogP contribution in [0.3, 0.4) is 0 Å². The van der Waals surface area contributed by atoms with Crippen LogP contribution in [0, 0.1) is 15.9 Å². The molecular formula is C12H9FN2O5S. The third-order valence-electron chi connectivity index (χ3n) is 2.51. The highest BCUT2D eigenvalue weighted by Gasteiger charge is 2.26. The van der Waals surface area contributed by atoms with Gasteiger partial charge < -0.3 is 5.11 Å². The van der Waals surface area contributed by atoms with Crippen molar-refractivity contribution in [3.63, 3.8) is 0 Å². The number of phenols is 1. The molecule has 21 heavy (non-hydrogen) atoms. The zero-order chi connectivity index (χ0) is 15.6. The van der Waals surface area contributed by atoms with Crippen LogP contribution >= 0.6 is 0 Å². The Morgan fingerprint density at radius 3 is 2.52 bits per heavy atom. The van der Waals surface area contributed by atoms with Gasteiger partial charge in [-0.3, -0.25) is 14.8 Å². The van der Waals surface area contributed by atoms with Crippen LogP contribution < -0.4 is 4.72 Å². The molecular weight excluding hydrogens is 303 g/mol. The van der Waals surface area contributed by atoms with Gasteiger partial charge in [-0.1, -0.05) is 6.07 Å². The molecule has 0 fully saturated rings. The van der Waals surface area contributed by atoms with Crippen molar-refractivity contribution in [2.24, 2.45) is 0 Å². The molecule has 0 unspecified atom stereocenters. The molecule has 0 aromatic heterocycles. The fourth-order valence-corrected chi connectivity index (χ4v) is 2.84. The fraction of sp³-hybridized carbons (Fsp3) is 0. The molecule has 0 aliphatic carbocycles. The summed E-state index contributed by atoms with van der Waals surface area (Å²) in [5.41, 5.74) is -0.851. The number of nitro groups is 1. The average Bonchev–Trinajstić information content (AvgIpc) is 2.37. The summed E-state index contributed by atoms with van der Waals surface area (Å²) >= 11 is 0. The maximum absolute atomic E-state index is 13.0. The van der Waals surface area contributed by atoms with Gasteiger partial charge in [0.05, 0.1) is 16.7 Å². The van der Waals surface area contributed by atoms with Crippen LogP contribution in [0.15, 0.2) is 47.4 Å². The lowest BCUT2D eigenvalue weighted by Crippen LogP contribution is -2.14. The Hall–Kier alpha value is -2.68. The fourth-order valence-electron chi connectivity index (χ4n) is 1.64. The van der Waals surface area contributed by atoms with Crippen molar-refractivity contribution in [2.75, 3.05) is 4.72 Å². The van der Waals surface area contributed by atoms with Gasteiger partial charge in [-0.15, -0.1) is 0 Å². The number of aromatic hydroxyl groups is 1. The van der Waals surface area contributed by atoms with Crippen molar-refractivity contribution in [3.05, 3.63) is 58.4 Å². The lowest BCUT2D eigenvalue weighted by atomic mass is 10.3. The molecule has 0 amide bonds. The zero-order valence-electron chi connectivity index (χ0n) is 10.4. The zero-order valence-corrected chi connectivity index (χ0v) is 11.2. The Balaban J connectivity index is 2.47. The second kappa shape index (κ2) is 5.37. The van der Waals surface area contributed by atoms with E-state index in [4.69, 9.17) is 0 Å². The van der Waals surface area contributed by atoms with Crippen LogP contribution in [0.25, 0.3) is 0 Å². The summed E-state index contributed by atoms with van der Waals surface area (Å²) in [6, 6.07) is 7.35. The molecule has 110 valence electrons. The first-order valence-corrected chi connectivity index (χ1v) is 7.04. The molecule has 0 radical (unpaired) electrons. The smallest absolute Gasteiger partial charge is 0.292 e. The molecule has 0 atom stereocenters. The number of benzene rings is 2. The summed E-state index contributed by atoms with van der Waals surface area (Å²) < 4.78 is 39.4. The monoisotopic (exact) mass is 312 g/mol. The number of hydrogen-bond acceptors (Lipinski definition) is 5. The van der Waals surface area contributed by atoms with Crippen molar-refractivity contribution in [1.29, 1.82) is 0 Å². The van der Waals surface area contributed by atoms with E-state index in [1.165, 1.54) is 18.2 Å². The standard InChI is InChI=1S/C12H9FN2O5S/c13-8-4-5-12(11(6-8)15(17)18)21(19,20)14-9-2-1-3-10(16)7-9/h1-7,14,16H. The molecule has 0 saturated heterocycles. The number of nitro benzene ring substituents is 1. The van der Waals surface area contributed by atoms with Crippen LogP contribution in [0.5, 0.6) is 5.75 Å². The number of rotatable bonds is 4. The van der Waals surface area contributed by atoms with E-state index in [2.05, 4.69) is 4.72 Å². The largest absolute Gasteiger partial charge is 0.508 e. The van der Waals surface area contributed by atoms with Gasteiger partial charge >= 0.3 is 0 Å². The average molecular weight is 312 g/mol. The van der Waals surface area contributed by atoms with Crippen molar-refractivity contribution >= 4 is 21.4 Å². The van der Waals surface area contributed by atoms with E-state index in [1.54, 1.807) is 0 Å². The minimum Gasteiger partial charge on any atom is -0.508 e. The second-order valence-corrected chi connectivity index (χ2v) is 5.68. The van der Waals surface area contributed by atoms with E-state index in [0.717, 1.165) is 18.2 Å². The summed E-state index contributed by atoms with van der Waals surface area (Å²) in [4.78, 5) is 9.18. The summed E-state index contributed by atoms with van der Waals surface area (Å²) in [6.07, 6.45) is 0. The Kier molecular flexibility index (Phi) is 3.76. The lowest BCUT2D eigenvalue weighted by molar-refractivity contribution is -0.388. The number of nitrogens with zero attached hydrogens (tertiary/aromatic N) is 1. The van der Waals surface area contributed by atoms with Gasteiger partial charge in [0, 0.05) is 6.07 Å². The molecule has 2 N–H and O–H groups in total. The minimum atomic E-state index is -4.29. The van der Waals surface area contributed by atoms with Crippen molar-refractivity contribution in [3.8, 4) is 5.75 Å². The lowest BCUT2D eigenvalue weighted by Gasteiger charge is -2.08. The molecule has 2 aromatic carbocycles. The molecule has 0 aliphatic heterocycles. The SMILES string of the molecule is O=[N+]([O-])c1cc(F)ccc1S(=O)(=O)Nc1cccc(O)c1. The number of sulfonamides is 1. The summed E-state index contributed by atoms with van der Waals surface area (Å²) in [6.45, 7) is 0. The van der Waals surface area contributed by atoms with E-state index in [9.17, 15) is 28.0 Å². The highest BCUT2D eigenvalue weighted by atomic mass is 32.2. The van der Waals surface area contributed by atoms with Crippen LogP contribution in [-0.2, 0) is 10.0 Å². The summed E-state index contributed by atoms with van der Waals surface area (Å²) in [7, 11) is -4.29. The van der Waals surface area contributed by atoms with Gasteiger partial charge in [-0.05, 0) is 24.3 Å². The topological polar surface area (TPSA) is 110 Å². The Labute approximate surface area is 118 Å². The van der Waals surface area contributed by atoms with E-state index >= 15 is 0 Å². The van der Waals surface area contributed by atoms with E-state index in [1.807, 2.05) is 0 Å². The van der Waals surface area contributed by atoms with Crippen molar-refractivity contribution in [1.82, 2.24) is 0 Å². The number of phenolic OH excluding ortho intramolecular Hbond substituents is 1. The van der Waals surface area contributed by atoms with E-state index in [0.29, 0.717) is 6.07 Å². The van der Waals surface area contributed by atoms with Gasteiger partial charge in [0.15, 0.2) is 4.90 Å². The summed E-state index contributed by atoms with van der Waals surface area (Å²) in [5, 5.41) is 20.1. The molecule has 7 nitrogen and oxygen atoms in total. The quantitative estimate of drug-likeness (QED) is 0.664. The van der Waals surface area contributed by atoms with Gasteiger partial charge in [0.2, 0.25) is 0 Å². The van der Waals surface area contributed by atoms with Crippen molar-refractivity contribution < 1.29 is 22.8 Å². The normalized spacial score (nSPS) is 11.1. The third kappa shape index (κ3) is 3.26. The Morgan fingerprint density at radius 1 is 1.19 bits per heavy atom. The maximum atomic E-state index is 13.0. The first kappa shape index (κ1) is 14.7. The molecule has 2 rings (SSSR count). The molecule has 0 spiro atoms. The number of anilines is 1. The van der Waals surface area contributed by atoms with E-state index in [-0.39, 0.29) is 11.4 Å². The molecule has 2 aromatic rings. The predicted octanol–water partition coefficient (Wildman–Crippen LogP) is 2.24. The Bertz CT molecular complexity index is 807. The summed E-state index contributed by atoms with van der Waals surface area (Å²) in [5.74, 6) is -1.10. The first-order valence-electron chi connectivity index (χ1n) is 5.55. The van der Waals surface area contributed by atoms with Crippen molar-refractivity contribution in [2.45, 2.75) is 4.90 Å².